The van der Waals surface area contributed by atoms with E-state index < -0.39 is 0 Å². The Bertz CT molecular complexity index is 596. The van der Waals surface area contributed by atoms with Gasteiger partial charge in [-0.15, -0.1) is 29.8 Å². The van der Waals surface area contributed by atoms with Crippen molar-refractivity contribution in [1.82, 2.24) is 4.98 Å². The van der Waals surface area contributed by atoms with E-state index in [-0.39, 0.29) is 19.5 Å². The molecule has 0 bridgehead atoms. The number of rotatable bonds is 5. The summed E-state index contributed by atoms with van der Waals surface area (Å²) in [5.74, 6) is 0.720. The standard InChI is InChI=1S/C15H13N2O2.Rh/c1-18-7-8-19-14-5-6-17-15(10-14)13-4-2-3-12(9-13)11-16;/h2-3,5-6,9-10H,7-8H2,1H3;/q-1;. The topological polar surface area (TPSA) is 55.1 Å². The van der Waals surface area contributed by atoms with E-state index in [0.29, 0.717) is 18.8 Å². The van der Waals surface area contributed by atoms with Gasteiger partial charge in [0.1, 0.15) is 12.4 Å². The molecule has 0 unspecified atom stereocenters. The van der Waals surface area contributed by atoms with Crippen LogP contribution in [0.4, 0.5) is 0 Å². The first-order chi connectivity index (χ1) is 9.33. The molecule has 0 atom stereocenters. The summed E-state index contributed by atoms with van der Waals surface area (Å²) in [6.45, 7) is 1.02. The van der Waals surface area contributed by atoms with Crippen LogP contribution in [0.1, 0.15) is 5.56 Å². The van der Waals surface area contributed by atoms with Gasteiger partial charge >= 0.3 is 0 Å². The van der Waals surface area contributed by atoms with Gasteiger partial charge in [-0.2, -0.15) is 5.26 Å². The largest absolute Gasteiger partial charge is 0.492 e. The Labute approximate surface area is 131 Å². The van der Waals surface area contributed by atoms with Gasteiger partial charge < -0.3 is 14.5 Å². The van der Waals surface area contributed by atoms with Crippen molar-refractivity contribution in [2.24, 2.45) is 0 Å². The molecule has 0 aliphatic rings. The van der Waals surface area contributed by atoms with Crippen molar-refractivity contribution in [3.05, 3.63) is 48.2 Å². The number of pyridine rings is 1. The normalized spacial score (nSPS) is 9.40. The molecule has 0 amide bonds. The van der Waals surface area contributed by atoms with Crippen LogP contribution in [0, 0.1) is 17.4 Å². The number of hydrogen-bond acceptors (Lipinski definition) is 4. The summed E-state index contributed by atoms with van der Waals surface area (Å²) >= 11 is 0. The first-order valence-electron chi connectivity index (χ1n) is 5.83. The van der Waals surface area contributed by atoms with Crippen molar-refractivity contribution >= 4 is 0 Å². The minimum atomic E-state index is 0. The fourth-order valence-corrected chi connectivity index (χ4v) is 1.58. The molecule has 2 aromatic rings. The number of hydrogen-bond donors (Lipinski definition) is 0. The molecule has 4 nitrogen and oxygen atoms in total. The Balaban J connectivity index is 0.00000200. The van der Waals surface area contributed by atoms with E-state index in [0.717, 1.165) is 17.0 Å². The van der Waals surface area contributed by atoms with E-state index in [2.05, 4.69) is 17.1 Å². The molecular formula is C15H13N2O2Rh-. The minimum Gasteiger partial charge on any atom is -0.492 e. The molecule has 0 aliphatic heterocycles. The summed E-state index contributed by atoms with van der Waals surface area (Å²) < 4.78 is 10.4. The zero-order valence-electron chi connectivity index (χ0n) is 10.9. The number of ether oxygens (including phenoxy) is 2. The SMILES string of the molecule is COCCOc1ccnc(-c2[c-]ccc(C#N)c2)c1.[Rh]. The third kappa shape index (κ3) is 4.41. The summed E-state index contributed by atoms with van der Waals surface area (Å²) in [5, 5.41) is 8.88. The van der Waals surface area contributed by atoms with Crippen LogP contribution in [0.3, 0.4) is 0 Å². The van der Waals surface area contributed by atoms with Crippen molar-refractivity contribution in [2.75, 3.05) is 20.3 Å². The van der Waals surface area contributed by atoms with Gasteiger partial charge in [0.2, 0.25) is 0 Å². The second kappa shape index (κ2) is 8.42. The van der Waals surface area contributed by atoms with E-state index >= 15 is 0 Å². The fraction of sp³-hybridized carbons (Fsp3) is 0.200. The molecule has 0 N–H and O–H groups in total. The molecule has 105 valence electrons. The number of methoxy groups -OCH3 is 1. The molecule has 1 radical (unpaired) electrons. The Morgan fingerprint density at radius 2 is 2.15 bits per heavy atom. The molecule has 1 aromatic heterocycles. The van der Waals surface area contributed by atoms with Crippen molar-refractivity contribution in [2.45, 2.75) is 0 Å². The summed E-state index contributed by atoms with van der Waals surface area (Å²) in [7, 11) is 1.63. The second-order valence-corrected chi connectivity index (χ2v) is 3.82. The van der Waals surface area contributed by atoms with Crippen LogP contribution in [0.2, 0.25) is 0 Å². The average molecular weight is 356 g/mol. The number of benzene rings is 1. The Morgan fingerprint density at radius 1 is 1.30 bits per heavy atom. The van der Waals surface area contributed by atoms with Crippen LogP contribution >= 0.6 is 0 Å². The zero-order chi connectivity index (χ0) is 13.5. The molecule has 0 fully saturated rings. The van der Waals surface area contributed by atoms with E-state index in [9.17, 15) is 0 Å². The van der Waals surface area contributed by atoms with Crippen molar-refractivity contribution in [3.8, 4) is 23.1 Å². The zero-order valence-corrected chi connectivity index (χ0v) is 12.6. The van der Waals surface area contributed by atoms with Gasteiger partial charge in [0.25, 0.3) is 0 Å². The summed E-state index contributed by atoms with van der Waals surface area (Å²) in [6.07, 6.45) is 1.67. The van der Waals surface area contributed by atoms with E-state index in [1.54, 1.807) is 37.6 Å². The van der Waals surface area contributed by atoms with Gasteiger partial charge in [0, 0.05) is 32.8 Å². The Kier molecular flexibility index (Phi) is 6.86. The minimum absolute atomic E-state index is 0. The van der Waals surface area contributed by atoms with Crippen molar-refractivity contribution < 1.29 is 29.0 Å². The molecule has 0 saturated heterocycles. The molecule has 0 aliphatic carbocycles. The Morgan fingerprint density at radius 3 is 2.90 bits per heavy atom. The molecule has 2 rings (SSSR count). The van der Waals surface area contributed by atoms with Gasteiger partial charge in [-0.05, 0) is 23.4 Å². The van der Waals surface area contributed by atoms with E-state index in [1.165, 1.54) is 0 Å². The van der Waals surface area contributed by atoms with Crippen LogP contribution in [-0.2, 0) is 24.2 Å². The van der Waals surface area contributed by atoms with Gasteiger partial charge in [-0.1, -0.05) is 0 Å². The first-order valence-corrected chi connectivity index (χ1v) is 5.83. The van der Waals surface area contributed by atoms with Gasteiger partial charge in [0.15, 0.2) is 0 Å². The predicted octanol–water partition coefficient (Wildman–Crippen LogP) is 2.44. The molecule has 1 aromatic carbocycles. The maximum absolute atomic E-state index is 8.88. The fourth-order valence-electron chi connectivity index (χ4n) is 1.58. The van der Waals surface area contributed by atoms with Crippen LogP contribution < -0.4 is 4.74 Å². The molecule has 20 heavy (non-hydrogen) atoms. The van der Waals surface area contributed by atoms with Crippen molar-refractivity contribution in [1.29, 1.82) is 5.26 Å². The Hall–Kier alpha value is -1.76. The van der Waals surface area contributed by atoms with Crippen molar-refractivity contribution in [3.63, 3.8) is 0 Å². The van der Waals surface area contributed by atoms with Crippen LogP contribution in [-0.4, -0.2) is 25.3 Å². The molecule has 0 saturated carbocycles. The maximum Gasteiger partial charge on any atom is 0.113 e. The van der Waals surface area contributed by atoms with E-state index in [1.807, 2.05) is 6.07 Å². The van der Waals surface area contributed by atoms with Gasteiger partial charge in [0.05, 0.1) is 12.7 Å². The van der Waals surface area contributed by atoms with Crippen LogP contribution in [0.25, 0.3) is 11.3 Å². The quantitative estimate of drug-likeness (QED) is 0.469. The molecular weight excluding hydrogens is 343 g/mol. The van der Waals surface area contributed by atoms with Gasteiger partial charge in [-0.3, -0.25) is 0 Å². The predicted molar refractivity (Wildman–Crippen MR) is 70.6 cm³/mol. The summed E-state index contributed by atoms with van der Waals surface area (Å²) in [6, 6.07) is 13.9. The monoisotopic (exact) mass is 356 g/mol. The van der Waals surface area contributed by atoms with Crippen LogP contribution in [0.5, 0.6) is 5.75 Å². The smallest absolute Gasteiger partial charge is 0.113 e. The maximum atomic E-state index is 8.88. The summed E-state index contributed by atoms with van der Waals surface area (Å²) in [5.41, 5.74) is 2.09. The average Bonchev–Trinajstić information content (AvgIpc) is 2.48. The molecule has 1 heterocycles. The van der Waals surface area contributed by atoms with Crippen LogP contribution in [0.15, 0.2) is 36.5 Å². The molecule has 5 heteroatoms. The third-order valence-electron chi connectivity index (χ3n) is 2.49. The third-order valence-corrected chi connectivity index (χ3v) is 2.49. The van der Waals surface area contributed by atoms with E-state index in [4.69, 9.17) is 14.7 Å². The summed E-state index contributed by atoms with van der Waals surface area (Å²) in [4.78, 5) is 4.26. The second-order valence-electron chi connectivity index (χ2n) is 3.82. The molecule has 0 spiro atoms. The van der Waals surface area contributed by atoms with Gasteiger partial charge in [-0.25, -0.2) is 0 Å². The first kappa shape index (κ1) is 16.3. The number of nitriles is 1. The number of aromatic nitrogens is 1. The number of nitrogens with zero attached hydrogens (tertiary/aromatic N) is 2.